The van der Waals surface area contributed by atoms with E-state index in [4.69, 9.17) is 14.6 Å². The average molecular weight is 386 g/mol. The van der Waals surface area contributed by atoms with Crippen molar-refractivity contribution in [3.05, 3.63) is 89.0 Å². The third-order valence-corrected chi connectivity index (χ3v) is 5.54. The van der Waals surface area contributed by atoms with Crippen molar-refractivity contribution < 1.29 is 14.6 Å². The number of rotatable bonds is 3. The zero-order chi connectivity index (χ0) is 20.0. The van der Waals surface area contributed by atoms with Crippen LogP contribution in [0.25, 0.3) is 0 Å². The molecule has 0 unspecified atom stereocenters. The maximum Gasteiger partial charge on any atom is 0.214 e. The minimum atomic E-state index is -0.368. The van der Waals surface area contributed by atoms with Gasteiger partial charge in [0.05, 0.1) is 18.9 Å². The standard InChI is InChI=1S/C24H22N2O3/c1-15-7-5-8-16(13-15)24-26-20(18-10-6-12-22(28-2)23(18)29-24)14-19(25-26)17-9-3-4-11-21(17)27/h3-13,20,24,27H,14H2,1-2H3/t20-,24-/m0/s1. The Labute approximate surface area is 169 Å². The Morgan fingerprint density at radius 1 is 1.07 bits per heavy atom. The van der Waals surface area contributed by atoms with Gasteiger partial charge < -0.3 is 14.6 Å². The monoisotopic (exact) mass is 386 g/mol. The van der Waals surface area contributed by atoms with E-state index in [0.29, 0.717) is 6.42 Å². The van der Waals surface area contributed by atoms with Crippen molar-refractivity contribution in [2.75, 3.05) is 7.11 Å². The first-order valence-electron chi connectivity index (χ1n) is 9.70. The minimum Gasteiger partial charge on any atom is -0.507 e. The van der Waals surface area contributed by atoms with Crippen LogP contribution in [0.4, 0.5) is 0 Å². The van der Waals surface area contributed by atoms with E-state index < -0.39 is 0 Å². The molecular formula is C24H22N2O3. The van der Waals surface area contributed by atoms with Crippen molar-refractivity contribution in [2.45, 2.75) is 25.6 Å². The second kappa shape index (κ2) is 6.85. The van der Waals surface area contributed by atoms with Crippen molar-refractivity contribution >= 4 is 5.71 Å². The summed E-state index contributed by atoms with van der Waals surface area (Å²) in [6, 6.07) is 21.6. The van der Waals surface area contributed by atoms with Gasteiger partial charge in [0.2, 0.25) is 6.23 Å². The molecule has 0 fully saturated rings. The number of aryl methyl sites for hydroxylation is 1. The smallest absolute Gasteiger partial charge is 0.214 e. The number of hydrogen-bond acceptors (Lipinski definition) is 5. The van der Waals surface area contributed by atoms with Gasteiger partial charge in [-0.1, -0.05) is 54.1 Å². The lowest BCUT2D eigenvalue weighted by Crippen LogP contribution is -2.33. The number of ether oxygens (including phenoxy) is 2. The van der Waals surface area contributed by atoms with Gasteiger partial charge in [0.15, 0.2) is 11.5 Å². The minimum absolute atomic E-state index is 0.00830. The summed E-state index contributed by atoms with van der Waals surface area (Å²) in [4.78, 5) is 0. The van der Waals surface area contributed by atoms with E-state index in [1.807, 2.05) is 41.4 Å². The van der Waals surface area contributed by atoms with Crippen LogP contribution in [0.5, 0.6) is 17.2 Å². The molecule has 0 aliphatic carbocycles. The highest BCUT2D eigenvalue weighted by atomic mass is 16.5. The second-order valence-electron chi connectivity index (χ2n) is 7.43. The summed E-state index contributed by atoms with van der Waals surface area (Å²) < 4.78 is 12.0. The first kappa shape index (κ1) is 17.6. The highest BCUT2D eigenvalue weighted by molar-refractivity contribution is 6.04. The second-order valence-corrected chi connectivity index (χ2v) is 7.43. The normalized spacial score (nSPS) is 19.8. The molecule has 0 bridgehead atoms. The van der Waals surface area contributed by atoms with E-state index in [9.17, 15) is 5.11 Å². The molecule has 0 amide bonds. The Morgan fingerprint density at radius 2 is 1.90 bits per heavy atom. The SMILES string of the molecule is COc1cccc2c1O[C@@H](c1cccc(C)c1)N1N=C(c3ccccc3O)C[C@@H]21. The van der Waals surface area contributed by atoms with Gasteiger partial charge in [-0.25, -0.2) is 5.01 Å². The van der Waals surface area contributed by atoms with Gasteiger partial charge in [-0.15, -0.1) is 0 Å². The quantitative estimate of drug-likeness (QED) is 0.692. The van der Waals surface area contributed by atoms with E-state index in [-0.39, 0.29) is 18.0 Å². The van der Waals surface area contributed by atoms with Crippen LogP contribution in [0.2, 0.25) is 0 Å². The number of para-hydroxylation sites is 2. The molecule has 146 valence electrons. The van der Waals surface area contributed by atoms with E-state index in [0.717, 1.165) is 39.5 Å². The zero-order valence-electron chi connectivity index (χ0n) is 16.4. The number of benzene rings is 3. The summed E-state index contributed by atoms with van der Waals surface area (Å²) in [5.74, 6) is 1.72. The Morgan fingerprint density at radius 3 is 2.69 bits per heavy atom. The molecule has 0 saturated heterocycles. The Balaban J connectivity index is 1.65. The van der Waals surface area contributed by atoms with Gasteiger partial charge in [-0.05, 0) is 25.1 Å². The molecule has 2 atom stereocenters. The fourth-order valence-electron chi connectivity index (χ4n) is 4.17. The van der Waals surface area contributed by atoms with Gasteiger partial charge in [-0.3, -0.25) is 0 Å². The summed E-state index contributed by atoms with van der Waals surface area (Å²) >= 11 is 0. The van der Waals surface area contributed by atoms with Crippen molar-refractivity contribution in [1.29, 1.82) is 0 Å². The molecule has 0 aromatic heterocycles. The maximum absolute atomic E-state index is 10.4. The summed E-state index contributed by atoms with van der Waals surface area (Å²) in [6.45, 7) is 2.07. The summed E-state index contributed by atoms with van der Waals surface area (Å²) in [7, 11) is 1.66. The van der Waals surface area contributed by atoms with E-state index >= 15 is 0 Å². The molecule has 5 heteroatoms. The molecule has 0 radical (unpaired) electrons. The van der Waals surface area contributed by atoms with Gasteiger partial charge in [-0.2, -0.15) is 5.10 Å². The topological polar surface area (TPSA) is 54.3 Å². The van der Waals surface area contributed by atoms with Crippen molar-refractivity contribution in [2.24, 2.45) is 5.10 Å². The molecule has 0 spiro atoms. The number of phenolic OH excluding ortho intramolecular Hbond substituents is 1. The predicted molar refractivity (Wildman–Crippen MR) is 111 cm³/mol. The van der Waals surface area contributed by atoms with Crippen LogP contribution in [0.15, 0.2) is 71.8 Å². The molecule has 2 aliphatic rings. The molecule has 5 nitrogen and oxygen atoms in total. The Hall–Kier alpha value is -3.47. The van der Waals surface area contributed by atoms with Crippen LogP contribution in [-0.4, -0.2) is 22.9 Å². The molecule has 0 saturated carbocycles. The summed E-state index contributed by atoms with van der Waals surface area (Å²) in [5.41, 5.74) is 4.85. The van der Waals surface area contributed by atoms with E-state index in [1.165, 1.54) is 0 Å². The first-order valence-corrected chi connectivity index (χ1v) is 9.70. The highest BCUT2D eigenvalue weighted by Crippen LogP contribution is 2.51. The molecule has 5 rings (SSSR count). The lowest BCUT2D eigenvalue weighted by molar-refractivity contribution is -0.0209. The van der Waals surface area contributed by atoms with Crippen molar-refractivity contribution in [3.8, 4) is 17.2 Å². The van der Waals surface area contributed by atoms with Crippen LogP contribution in [-0.2, 0) is 0 Å². The van der Waals surface area contributed by atoms with Gasteiger partial charge in [0.1, 0.15) is 5.75 Å². The number of fused-ring (bicyclic) bond motifs is 3. The zero-order valence-corrected chi connectivity index (χ0v) is 16.4. The third-order valence-electron chi connectivity index (χ3n) is 5.54. The molecule has 2 aliphatic heterocycles. The number of methoxy groups -OCH3 is 1. The molecule has 3 aromatic carbocycles. The molecular weight excluding hydrogens is 364 g/mol. The fraction of sp³-hybridized carbons (Fsp3) is 0.208. The molecule has 29 heavy (non-hydrogen) atoms. The number of phenols is 1. The highest BCUT2D eigenvalue weighted by Gasteiger charge is 2.42. The number of aromatic hydroxyl groups is 1. The Bertz CT molecular complexity index is 1110. The lowest BCUT2D eigenvalue weighted by Gasteiger charge is -2.38. The summed E-state index contributed by atoms with van der Waals surface area (Å²) in [6.07, 6.45) is 0.315. The lowest BCUT2D eigenvalue weighted by atomic mass is 9.95. The molecule has 2 heterocycles. The van der Waals surface area contributed by atoms with Gasteiger partial charge >= 0.3 is 0 Å². The van der Waals surface area contributed by atoms with Crippen LogP contribution < -0.4 is 9.47 Å². The van der Waals surface area contributed by atoms with E-state index in [1.54, 1.807) is 13.2 Å². The summed E-state index contributed by atoms with van der Waals surface area (Å²) in [5, 5.41) is 17.3. The average Bonchev–Trinajstić information content (AvgIpc) is 3.18. The van der Waals surface area contributed by atoms with Gasteiger partial charge in [0, 0.05) is 23.1 Å². The third kappa shape index (κ3) is 2.90. The van der Waals surface area contributed by atoms with Crippen molar-refractivity contribution in [3.63, 3.8) is 0 Å². The van der Waals surface area contributed by atoms with Crippen LogP contribution >= 0.6 is 0 Å². The molecule has 3 aromatic rings. The predicted octanol–water partition coefficient (Wildman–Crippen LogP) is 4.95. The maximum atomic E-state index is 10.4. The van der Waals surface area contributed by atoms with Crippen molar-refractivity contribution in [1.82, 2.24) is 5.01 Å². The van der Waals surface area contributed by atoms with Crippen LogP contribution in [0.3, 0.4) is 0 Å². The Kier molecular flexibility index (Phi) is 4.16. The van der Waals surface area contributed by atoms with Gasteiger partial charge in [0.25, 0.3) is 0 Å². The fourth-order valence-corrected chi connectivity index (χ4v) is 4.17. The number of nitrogens with zero attached hydrogens (tertiary/aromatic N) is 2. The number of hydrazone groups is 1. The number of hydrogen-bond donors (Lipinski definition) is 1. The van der Waals surface area contributed by atoms with Crippen LogP contribution in [0, 0.1) is 6.92 Å². The first-order chi connectivity index (χ1) is 14.2. The largest absolute Gasteiger partial charge is 0.507 e. The van der Waals surface area contributed by atoms with Crippen LogP contribution in [0.1, 0.15) is 40.9 Å². The molecule has 1 N–H and O–H groups in total. The van der Waals surface area contributed by atoms with E-state index in [2.05, 4.69) is 31.2 Å².